The lowest BCUT2D eigenvalue weighted by atomic mass is 9.97. The minimum atomic E-state index is -1.16. The lowest BCUT2D eigenvalue weighted by Gasteiger charge is -2.29. The van der Waals surface area contributed by atoms with Crippen LogP contribution in [0.25, 0.3) is 0 Å². The number of piperidine rings is 1. The predicted octanol–water partition coefficient (Wildman–Crippen LogP) is 4.34. The summed E-state index contributed by atoms with van der Waals surface area (Å²) in [6.45, 7) is 5.88. The molecule has 5 nitrogen and oxygen atoms in total. The number of carboxylic acid groups (broad SMARTS) is 1. The van der Waals surface area contributed by atoms with Crippen LogP contribution in [-0.4, -0.2) is 35.1 Å². The van der Waals surface area contributed by atoms with E-state index in [9.17, 15) is 19.8 Å². The summed E-state index contributed by atoms with van der Waals surface area (Å²) in [7, 11) is 0. The molecule has 1 aliphatic rings. The number of rotatable bonds is 4. The topological polar surface area (TPSA) is 77.8 Å². The Morgan fingerprint density at radius 1 is 0.885 bits per heavy atom. The minimum Gasteiger partial charge on any atom is -0.507 e. The number of anilines is 1. The normalized spacial score (nSPS) is 13.5. The highest BCUT2D eigenvalue weighted by Gasteiger charge is 2.21. The molecule has 5 heteroatoms. The number of phenolic OH excluding ortho intramolecular Hbond substituents is 1. The molecule has 0 aliphatic carbocycles. The zero-order chi connectivity index (χ0) is 19.1. The second-order valence-corrected chi connectivity index (χ2v) is 5.93. The van der Waals surface area contributed by atoms with E-state index >= 15 is 0 Å². The summed E-state index contributed by atoms with van der Waals surface area (Å²) in [4.78, 5) is 26.1. The predicted molar refractivity (Wildman–Crippen MR) is 102 cm³/mol. The summed E-state index contributed by atoms with van der Waals surface area (Å²) in [5, 5.41) is 19.5. The van der Waals surface area contributed by atoms with E-state index in [1.807, 2.05) is 19.9 Å². The number of carbonyl (C=O) groups excluding carboxylic acids is 1. The zero-order valence-corrected chi connectivity index (χ0v) is 15.2. The first-order valence-electron chi connectivity index (χ1n) is 9.03. The first kappa shape index (κ1) is 19.5. The third kappa shape index (κ3) is 4.23. The van der Waals surface area contributed by atoms with E-state index in [4.69, 9.17) is 0 Å². The summed E-state index contributed by atoms with van der Waals surface area (Å²) in [6.07, 6.45) is 3.45. The molecular formula is C21H25NO4. The maximum Gasteiger partial charge on any atom is 0.336 e. The molecule has 2 aromatic rings. The van der Waals surface area contributed by atoms with E-state index in [1.54, 1.807) is 24.3 Å². The van der Waals surface area contributed by atoms with Gasteiger partial charge in [-0.2, -0.15) is 0 Å². The van der Waals surface area contributed by atoms with Crippen molar-refractivity contribution in [2.75, 3.05) is 18.0 Å². The van der Waals surface area contributed by atoms with Crippen molar-refractivity contribution in [3.8, 4) is 5.75 Å². The fraction of sp³-hybridized carbons (Fsp3) is 0.333. The molecule has 1 heterocycles. The lowest BCUT2D eigenvalue weighted by molar-refractivity contribution is 0.0692. The summed E-state index contributed by atoms with van der Waals surface area (Å²) in [5.74, 6) is -1.78. The van der Waals surface area contributed by atoms with Crippen molar-refractivity contribution in [3.05, 3.63) is 59.2 Å². The molecule has 2 N–H and O–H groups in total. The first-order valence-corrected chi connectivity index (χ1v) is 9.03. The highest BCUT2D eigenvalue weighted by Crippen LogP contribution is 2.29. The number of ketones is 1. The quantitative estimate of drug-likeness (QED) is 0.798. The fourth-order valence-corrected chi connectivity index (χ4v) is 3.07. The molecule has 1 saturated heterocycles. The summed E-state index contributed by atoms with van der Waals surface area (Å²) < 4.78 is 0. The standard InChI is InChI=1S/C19H19NO4.C2H6/c21-17-12-13(20-10-4-1-5-11-20)8-9-16(17)18(22)14-6-2-3-7-15(14)19(23)24;1-2/h2-3,6-9,12,21H,1,4-5,10-11H2,(H,23,24);1-2H3. The number of phenols is 1. The molecule has 1 fully saturated rings. The Kier molecular flexibility index (Phi) is 6.78. The molecule has 2 aromatic carbocycles. The monoisotopic (exact) mass is 355 g/mol. The highest BCUT2D eigenvalue weighted by molar-refractivity contribution is 6.15. The smallest absolute Gasteiger partial charge is 0.336 e. The van der Waals surface area contributed by atoms with Crippen molar-refractivity contribution in [2.45, 2.75) is 33.1 Å². The number of carboxylic acids is 1. The van der Waals surface area contributed by atoms with Gasteiger partial charge in [-0.1, -0.05) is 32.0 Å². The summed E-state index contributed by atoms with van der Waals surface area (Å²) in [6, 6.07) is 11.0. The van der Waals surface area contributed by atoms with Gasteiger partial charge in [-0.05, 0) is 37.5 Å². The van der Waals surface area contributed by atoms with Crippen LogP contribution >= 0.6 is 0 Å². The maximum atomic E-state index is 12.6. The van der Waals surface area contributed by atoms with Crippen molar-refractivity contribution in [1.29, 1.82) is 0 Å². The Hall–Kier alpha value is -2.82. The van der Waals surface area contributed by atoms with E-state index in [-0.39, 0.29) is 22.4 Å². The molecule has 0 spiro atoms. The highest BCUT2D eigenvalue weighted by atomic mass is 16.4. The van der Waals surface area contributed by atoms with Crippen LogP contribution in [0.4, 0.5) is 5.69 Å². The SMILES string of the molecule is CC.O=C(O)c1ccccc1C(=O)c1ccc(N2CCCCC2)cc1O. The van der Waals surface area contributed by atoms with E-state index in [0.29, 0.717) is 0 Å². The van der Waals surface area contributed by atoms with Crippen molar-refractivity contribution >= 4 is 17.4 Å². The van der Waals surface area contributed by atoms with Gasteiger partial charge in [-0.15, -0.1) is 0 Å². The fourth-order valence-electron chi connectivity index (χ4n) is 3.07. The van der Waals surface area contributed by atoms with Crippen LogP contribution in [0.5, 0.6) is 5.75 Å². The van der Waals surface area contributed by atoms with E-state index in [0.717, 1.165) is 31.6 Å². The summed E-state index contributed by atoms with van der Waals surface area (Å²) in [5.41, 5.74) is 1.01. The van der Waals surface area contributed by atoms with Crippen LogP contribution in [0.2, 0.25) is 0 Å². The van der Waals surface area contributed by atoms with Crippen molar-refractivity contribution in [3.63, 3.8) is 0 Å². The average molecular weight is 355 g/mol. The van der Waals surface area contributed by atoms with Gasteiger partial charge in [0.05, 0.1) is 11.1 Å². The molecule has 138 valence electrons. The Bertz CT molecular complexity index is 779. The first-order chi connectivity index (χ1) is 12.6. The largest absolute Gasteiger partial charge is 0.507 e. The molecule has 0 aromatic heterocycles. The number of aromatic hydroxyl groups is 1. The van der Waals surface area contributed by atoms with Crippen LogP contribution in [0, 0.1) is 0 Å². The van der Waals surface area contributed by atoms with Gasteiger partial charge in [0.15, 0.2) is 5.78 Å². The molecule has 26 heavy (non-hydrogen) atoms. The minimum absolute atomic E-state index is 0.0676. The lowest BCUT2D eigenvalue weighted by Crippen LogP contribution is -2.29. The third-order valence-corrected chi connectivity index (χ3v) is 4.35. The Balaban J connectivity index is 0.00000117. The van der Waals surface area contributed by atoms with E-state index in [2.05, 4.69) is 4.90 Å². The van der Waals surface area contributed by atoms with Gasteiger partial charge in [-0.3, -0.25) is 4.79 Å². The second kappa shape index (κ2) is 9.04. The van der Waals surface area contributed by atoms with Gasteiger partial charge in [0.1, 0.15) is 5.75 Å². The van der Waals surface area contributed by atoms with Crippen LogP contribution < -0.4 is 4.90 Å². The molecular weight excluding hydrogens is 330 g/mol. The number of carbonyl (C=O) groups is 2. The van der Waals surface area contributed by atoms with Crippen molar-refractivity contribution in [2.24, 2.45) is 0 Å². The van der Waals surface area contributed by atoms with Gasteiger partial charge in [0, 0.05) is 30.4 Å². The molecule has 0 radical (unpaired) electrons. The Labute approximate surface area is 153 Å². The Morgan fingerprint density at radius 3 is 2.08 bits per heavy atom. The van der Waals surface area contributed by atoms with Crippen molar-refractivity contribution < 1.29 is 19.8 Å². The number of nitrogens with zero attached hydrogens (tertiary/aromatic N) is 1. The van der Waals surface area contributed by atoms with Crippen LogP contribution in [-0.2, 0) is 0 Å². The van der Waals surface area contributed by atoms with E-state index < -0.39 is 11.8 Å². The molecule has 0 saturated carbocycles. The van der Waals surface area contributed by atoms with Gasteiger partial charge in [0.25, 0.3) is 0 Å². The van der Waals surface area contributed by atoms with Crippen LogP contribution in [0.15, 0.2) is 42.5 Å². The number of aromatic carboxylic acids is 1. The second-order valence-electron chi connectivity index (χ2n) is 5.93. The molecule has 0 bridgehead atoms. The third-order valence-electron chi connectivity index (χ3n) is 4.35. The van der Waals surface area contributed by atoms with Gasteiger partial charge in [-0.25, -0.2) is 4.79 Å². The van der Waals surface area contributed by atoms with Crippen LogP contribution in [0.1, 0.15) is 59.4 Å². The summed E-state index contributed by atoms with van der Waals surface area (Å²) >= 11 is 0. The van der Waals surface area contributed by atoms with Gasteiger partial charge >= 0.3 is 5.97 Å². The zero-order valence-electron chi connectivity index (χ0n) is 15.2. The van der Waals surface area contributed by atoms with Gasteiger partial charge in [0.2, 0.25) is 0 Å². The number of benzene rings is 2. The average Bonchev–Trinajstić information content (AvgIpc) is 2.69. The molecule has 3 rings (SSSR count). The number of hydrogen-bond donors (Lipinski definition) is 2. The van der Waals surface area contributed by atoms with Gasteiger partial charge < -0.3 is 15.1 Å². The molecule has 0 unspecified atom stereocenters. The van der Waals surface area contributed by atoms with Crippen LogP contribution in [0.3, 0.4) is 0 Å². The molecule has 0 amide bonds. The molecule has 1 aliphatic heterocycles. The Morgan fingerprint density at radius 2 is 1.50 bits per heavy atom. The van der Waals surface area contributed by atoms with E-state index in [1.165, 1.54) is 18.6 Å². The maximum absolute atomic E-state index is 12.6. The molecule has 0 atom stereocenters. The number of hydrogen-bond acceptors (Lipinski definition) is 4. The van der Waals surface area contributed by atoms with Crippen molar-refractivity contribution in [1.82, 2.24) is 0 Å².